The molecule has 1 heterocycles. The van der Waals surface area contributed by atoms with Gasteiger partial charge in [-0.15, -0.1) is 0 Å². The third-order valence-electron chi connectivity index (χ3n) is 1.62. The summed E-state index contributed by atoms with van der Waals surface area (Å²) in [7, 11) is 0. The monoisotopic (exact) mass is 144 g/mol. The van der Waals surface area contributed by atoms with Crippen LogP contribution in [0.4, 0.5) is 0 Å². The van der Waals surface area contributed by atoms with Gasteiger partial charge in [0.25, 0.3) is 0 Å². The molecule has 1 aliphatic rings. The Balaban J connectivity index is 2.86. The number of carbonyl (C=O) groups is 2. The summed E-state index contributed by atoms with van der Waals surface area (Å²) in [5.74, 6) is -1.37. The number of aliphatic hydroxyl groups is 1. The van der Waals surface area contributed by atoms with Crippen molar-refractivity contribution in [3.05, 3.63) is 0 Å². The molecule has 56 valence electrons. The third-order valence-corrected chi connectivity index (χ3v) is 1.62. The second-order valence-corrected chi connectivity index (χ2v) is 2.30. The first-order valence-electron chi connectivity index (χ1n) is 2.98. The molecule has 4 heteroatoms. The van der Waals surface area contributed by atoms with Crippen molar-refractivity contribution in [2.24, 2.45) is 0 Å². The van der Waals surface area contributed by atoms with Crippen LogP contribution in [0, 0.1) is 0 Å². The Hall–Kier alpha value is -0.900. The molecule has 1 N–H and O–H groups in total. The number of hydrogen-bond donors (Lipinski definition) is 1. The second kappa shape index (κ2) is 2.05. The molecule has 0 bridgehead atoms. The van der Waals surface area contributed by atoms with E-state index in [1.807, 2.05) is 0 Å². The molecule has 4 nitrogen and oxygen atoms in total. The maximum absolute atomic E-state index is 10.6. The van der Waals surface area contributed by atoms with Gasteiger partial charge in [-0.3, -0.25) is 4.79 Å². The van der Waals surface area contributed by atoms with Crippen LogP contribution >= 0.6 is 0 Å². The average Bonchev–Trinajstić information content (AvgIpc) is 2.15. The van der Waals surface area contributed by atoms with E-state index in [9.17, 15) is 14.7 Å². The maximum atomic E-state index is 10.6. The number of ether oxygens (including phenoxy) is 1. The lowest BCUT2D eigenvalue weighted by Crippen LogP contribution is -2.41. The lowest BCUT2D eigenvalue weighted by atomic mass is 9.98. The molecule has 0 amide bonds. The summed E-state index contributed by atoms with van der Waals surface area (Å²) in [6, 6.07) is 0. The van der Waals surface area contributed by atoms with Crippen molar-refractivity contribution in [3.63, 3.8) is 0 Å². The van der Waals surface area contributed by atoms with E-state index in [1.165, 1.54) is 6.92 Å². The number of cyclic esters (lactones) is 1. The Morgan fingerprint density at radius 3 is 2.60 bits per heavy atom. The van der Waals surface area contributed by atoms with Crippen molar-refractivity contribution in [2.45, 2.75) is 18.9 Å². The first kappa shape index (κ1) is 7.21. The Kier molecular flexibility index (Phi) is 1.48. The molecule has 0 aromatic carbocycles. The fourth-order valence-corrected chi connectivity index (χ4v) is 0.833. The summed E-state index contributed by atoms with van der Waals surface area (Å²) in [6.07, 6.45) is 0.0845. The minimum absolute atomic E-state index is 0.0845. The van der Waals surface area contributed by atoms with Crippen LogP contribution < -0.4 is 0 Å². The smallest absolute Gasteiger partial charge is 0.346 e. The van der Waals surface area contributed by atoms with Gasteiger partial charge in [0, 0.05) is 6.42 Å². The van der Waals surface area contributed by atoms with Crippen molar-refractivity contribution in [2.75, 3.05) is 6.61 Å². The number of carbonyl (C=O) groups excluding carboxylic acids is 2. The number of hydrogen-bond acceptors (Lipinski definition) is 4. The Labute approximate surface area is 57.8 Å². The fourth-order valence-electron chi connectivity index (χ4n) is 0.833. The molecule has 1 saturated heterocycles. The molecule has 0 aromatic rings. The predicted octanol–water partition coefficient (Wildman–Crippen LogP) is -0.747. The molecule has 0 aromatic heterocycles. The highest BCUT2D eigenvalue weighted by molar-refractivity contribution is 6.06. The summed E-state index contributed by atoms with van der Waals surface area (Å²) >= 11 is 0. The molecule has 1 aliphatic heterocycles. The van der Waals surface area contributed by atoms with Gasteiger partial charge in [0.2, 0.25) is 5.60 Å². The summed E-state index contributed by atoms with van der Waals surface area (Å²) < 4.78 is 4.42. The van der Waals surface area contributed by atoms with Crippen molar-refractivity contribution in [3.8, 4) is 0 Å². The van der Waals surface area contributed by atoms with Crippen LogP contribution in [0.2, 0.25) is 0 Å². The van der Waals surface area contributed by atoms with E-state index in [0.717, 1.165) is 0 Å². The molecule has 0 saturated carbocycles. The molecule has 0 unspecified atom stereocenters. The quantitative estimate of drug-likeness (QED) is 0.388. The summed E-state index contributed by atoms with van der Waals surface area (Å²) in [5.41, 5.74) is -1.85. The second-order valence-electron chi connectivity index (χ2n) is 2.30. The molecule has 0 spiro atoms. The first-order chi connectivity index (χ1) is 4.57. The molecule has 1 fully saturated rings. The Bertz CT molecular complexity index is 186. The molecular formula is C6H8O4. The number of rotatable bonds is 1. The largest absolute Gasteiger partial charge is 0.463 e. The van der Waals surface area contributed by atoms with Gasteiger partial charge in [-0.1, -0.05) is 0 Å². The lowest BCUT2D eigenvalue weighted by Gasteiger charge is -2.11. The number of ketones is 1. The summed E-state index contributed by atoms with van der Waals surface area (Å²) in [6.45, 7) is 1.31. The Morgan fingerprint density at radius 2 is 2.40 bits per heavy atom. The maximum Gasteiger partial charge on any atom is 0.346 e. The number of Topliss-reactive ketones (excluding diaryl/α,β-unsaturated/α-hetero) is 1. The highest BCUT2D eigenvalue weighted by Crippen LogP contribution is 2.20. The molecule has 0 aliphatic carbocycles. The fraction of sp³-hybridized carbons (Fsp3) is 0.667. The van der Waals surface area contributed by atoms with Crippen molar-refractivity contribution in [1.29, 1.82) is 0 Å². The average molecular weight is 144 g/mol. The van der Waals surface area contributed by atoms with Crippen LogP contribution in [0.5, 0.6) is 0 Å². The Morgan fingerprint density at radius 1 is 1.80 bits per heavy atom. The van der Waals surface area contributed by atoms with Crippen molar-refractivity contribution in [1.82, 2.24) is 0 Å². The van der Waals surface area contributed by atoms with Gasteiger partial charge in [-0.05, 0) is 6.92 Å². The molecule has 1 rings (SSSR count). The van der Waals surface area contributed by atoms with Crippen LogP contribution in [0.15, 0.2) is 0 Å². The van der Waals surface area contributed by atoms with E-state index in [-0.39, 0.29) is 13.0 Å². The summed E-state index contributed by atoms with van der Waals surface area (Å²) in [5, 5.41) is 9.21. The van der Waals surface area contributed by atoms with Crippen LogP contribution in [0.1, 0.15) is 13.3 Å². The predicted molar refractivity (Wildman–Crippen MR) is 31.2 cm³/mol. The van der Waals surface area contributed by atoms with Gasteiger partial charge in [0.05, 0.1) is 6.61 Å². The van der Waals surface area contributed by atoms with Gasteiger partial charge in [-0.25, -0.2) is 4.79 Å². The van der Waals surface area contributed by atoms with E-state index in [0.29, 0.717) is 0 Å². The SMILES string of the molecule is CC(=O)[C@@]1(O)CCOC1=O. The van der Waals surface area contributed by atoms with Gasteiger partial charge >= 0.3 is 5.97 Å². The zero-order chi connectivity index (χ0) is 7.78. The minimum Gasteiger partial charge on any atom is -0.463 e. The van der Waals surface area contributed by atoms with E-state index < -0.39 is 17.4 Å². The van der Waals surface area contributed by atoms with Crippen LogP contribution in [0.25, 0.3) is 0 Å². The normalized spacial score (nSPS) is 32.0. The van der Waals surface area contributed by atoms with Crippen molar-refractivity contribution >= 4 is 11.8 Å². The van der Waals surface area contributed by atoms with E-state index in [1.54, 1.807) is 0 Å². The van der Waals surface area contributed by atoms with E-state index in [4.69, 9.17) is 0 Å². The lowest BCUT2D eigenvalue weighted by molar-refractivity contribution is -0.158. The molecule has 0 radical (unpaired) electrons. The number of esters is 1. The van der Waals surface area contributed by atoms with Gasteiger partial charge in [-0.2, -0.15) is 0 Å². The standard InChI is InChI=1S/C6H8O4/c1-4(7)6(9)2-3-10-5(6)8/h9H,2-3H2,1H3/t6-/m0/s1. The highest BCUT2D eigenvalue weighted by Gasteiger charge is 2.46. The highest BCUT2D eigenvalue weighted by atomic mass is 16.6. The topological polar surface area (TPSA) is 63.6 Å². The van der Waals surface area contributed by atoms with E-state index in [2.05, 4.69) is 4.74 Å². The summed E-state index contributed by atoms with van der Waals surface area (Å²) in [4.78, 5) is 21.3. The molecule has 10 heavy (non-hydrogen) atoms. The minimum atomic E-state index is -1.85. The third kappa shape index (κ3) is 0.806. The first-order valence-corrected chi connectivity index (χ1v) is 2.98. The zero-order valence-electron chi connectivity index (χ0n) is 5.59. The van der Waals surface area contributed by atoms with Gasteiger partial charge in [0.15, 0.2) is 5.78 Å². The van der Waals surface area contributed by atoms with E-state index >= 15 is 0 Å². The van der Waals surface area contributed by atoms with Gasteiger partial charge < -0.3 is 9.84 Å². The molecular weight excluding hydrogens is 136 g/mol. The van der Waals surface area contributed by atoms with Crippen molar-refractivity contribution < 1.29 is 19.4 Å². The van der Waals surface area contributed by atoms with Crippen LogP contribution in [0.3, 0.4) is 0 Å². The van der Waals surface area contributed by atoms with Crippen LogP contribution in [-0.4, -0.2) is 29.1 Å². The van der Waals surface area contributed by atoms with Gasteiger partial charge in [0.1, 0.15) is 0 Å². The molecule has 1 atom stereocenters. The zero-order valence-corrected chi connectivity index (χ0v) is 5.59. The van der Waals surface area contributed by atoms with Crippen LogP contribution in [-0.2, 0) is 14.3 Å².